The van der Waals surface area contributed by atoms with Crippen molar-refractivity contribution in [2.45, 2.75) is 43.7 Å². The van der Waals surface area contributed by atoms with Crippen molar-refractivity contribution in [3.8, 4) is 0 Å². The molecule has 46 heavy (non-hydrogen) atoms. The lowest BCUT2D eigenvalue weighted by Gasteiger charge is -2.27. The van der Waals surface area contributed by atoms with Gasteiger partial charge in [0.05, 0.1) is 17.2 Å². The number of likely N-dealkylation sites (N-methyl/N-ethyl adjacent to an activating group) is 1. The zero-order valence-electron chi connectivity index (χ0n) is 24.3. The first-order valence-electron chi connectivity index (χ1n) is 14.2. The van der Waals surface area contributed by atoms with E-state index in [1.807, 2.05) is 24.3 Å². The van der Waals surface area contributed by atoms with Crippen LogP contribution in [0.2, 0.25) is 0 Å². The molecule has 3 aromatic carbocycles. The van der Waals surface area contributed by atoms with Crippen molar-refractivity contribution in [2.24, 2.45) is 0 Å². The van der Waals surface area contributed by atoms with Crippen molar-refractivity contribution in [3.63, 3.8) is 0 Å². The van der Waals surface area contributed by atoms with Crippen LogP contribution < -0.4 is 10.6 Å². The van der Waals surface area contributed by atoms with E-state index in [1.165, 1.54) is 13.1 Å². The normalized spacial score (nSPS) is 16.1. The maximum absolute atomic E-state index is 13.5. The van der Waals surface area contributed by atoms with E-state index in [1.54, 1.807) is 30.5 Å². The fourth-order valence-electron chi connectivity index (χ4n) is 5.36. The minimum Gasteiger partial charge on any atom is -0.361 e. The lowest BCUT2D eigenvalue weighted by molar-refractivity contribution is -0.143. The second-order valence-electron chi connectivity index (χ2n) is 10.9. The molecule has 3 amide bonds. The van der Waals surface area contributed by atoms with Gasteiger partial charge in [0.2, 0.25) is 11.8 Å². The van der Waals surface area contributed by atoms with Gasteiger partial charge in [-0.15, -0.1) is 0 Å². The molecule has 0 saturated carbocycles. The molecule has 2 heterocycles. The Morgan fingerprint density at radius 3 is 2.33 bits per heavy atom. The number of hydrogen-bond acceptors (Lipinski definition) is 3. The lowest BCUT2D eigenvalue weighted by Crippen LogP contribution is -2.43. The fourth-order valence-corrected chi connectivity index (χ4v) is 5.36. The second-order valence-corrected chi connectivity index (χ2v) is 10.9. The van der Waals surface area contributed by atoms with Crippen molar-refractivity contribution >= 4 is 34.3 Å². The molecule has 0 spiro atoms. The molecule has 0 bridgehead atoms. The summed E-state index contributed by atoms with van der Waals surface area (Å²) in [5.41, 5.74) is -1.06. The van der Waals surface area contributed by atoms with Crippen LogP contribution in [0.15, 0.2) is 85.1 Å². The van der Waals surface area contributed by atoms with Crippen molar-refractivity contribution < 1.29 is 40.7 Å². The molecular formula is C33H28F6N4O3. The van der Waals surface area contributed by atoms with Gasteiger partial charge in [-0.25, -0.2) is 0 Å². The van der Waals surface area contributed by atoms with Gasteiger partial charge < -0.3 is 20.5 Å². The van der Waals surface area contributed by atoms with Crippen LogP contribution in [0.4, 0.5) is 32.0 Å². The van der Waals surface area contributed by atoms with Crippen molar-refractivity contribution in [1.29, 1.82) is 0 Å². The number of alkyl halides is 6. The molecule has 13 heteroatoms. The number of hydrogen-bond donors (Lipinski definition) is 3. The van der Waals surface area contributed by atoms with E-state index in [0.717, 1.165) is 27.4 Å². The maximum atomic E-state index is 13.5. The summed E-state index contributed by atoms with van der Waals surface area (Å²) >= 11 is 0. The summed E-state index contributed by atoms with van der Waals surface area (Å²) in [6.45, 7) is 0. The number of para-hydroxylation sites is 2. The zero-order valence-corrected chi connectivity index (χ0v) is 24.3. The van der Waals surface area contributed by atoms with Crippen LogP contribution >= 0.6 is 0 Å². The number of halogens is 6. The minimum atomic E-state index is -5.14. The highest BCUT2D eigenvalue weighted by atomic mass is 19.4. The number of fused-ring (bicyclic) bond motifs is 2. The number of H-pyrrole nitrogens is 1. The molecule has 7 nitrogen and oxygen atoms in total. The Labute approximate surface area is 259 Å². The van der Waals surface area contributed by atoms with Crippen LogP contribution in [0.25, 0.3) is 10.9 Å². The van der Waals surface area contributed by atoms with Gasteiger partial charge in [-0.3, -0.25) is 14.4 Å². The van der Waals surface area contributed by atoms with Crippen LogP contribution in [0.5, 0.6) is 0 Å². The number of aromatic amines is 1. The molecule has 0 saturated heterocycles. The van der Waals surface area contributed by atoms with Crippen LogP contribution in [0.1, 0.15) is 39.0 Å². The first-order valence-corrected chi connectivity index (χ1v) is 14.2. The third-order valence-corrected chi connectivity index (χ3v) is 7.84. The molecule has 1 aromatic heterocycles. The van der Waals surface area contributed by atoms with Gasteiger partial charge in [0.25, 0.3) is 5.91 Å². The second kappa shape index (κ2) is 12.7. The fraction of sp³-hybridized carbons (Fsp3) is 0.242. The van der Waals surface area contributed by atoms with Crippen molar-refractivity contribution in [3.05, 3.63) is 113 Å². The van der Waals surface area contributed by atoms with Gasteiger partial charge in [-0.1, -0.05) is 42.5 Å². The molecule has 2 atom stereocenters. The average molecular weight is 643 g/mol. The van der Waals surface area contributed by atoms with Crippen LogP contribution in [-0.2, 0) is 34.8 Å². The Bertz CT molecular complexity index is 1780. The van der Waals surface area contributed by atoms with E-state index in [2.05, 4.69) is 15.6 Å². The highest BCUT2D eigenvalue weighted by molar-refractivity contribution is 6.00. The van der Waals surface area contributed by atoms with Gasteiger partial charge in [0.1, 0.15) is 6.04 Å². The van der Waals surface area contributed by atoms with Gasteiger partial charge in [-0.2, -0.15) is 26.3 Å². The predicted octanol–water partition coefficient (Wildman–Crippen LogP) is 6.51. The van der Waals surface area contributed by atoms with Gasteiger partial charge in [0.15, 0.2) is 0 Å². The molecule has 0 aliphatic carbocycles. The SMILES string of the molecule is CN(C(=O)c1cc(C(F)(F)F)cc(C(F)(F)F)c1)C(C=CC(=O)NC1CCc2ccccc2NC1=O)Cc1c[nH]c2ccccc12. The average Bonchev–Trinajstić information content (AvgIpc) is 3.35. The highest BCUT2D eigenvalue weighted by Crippen LogP contribution is 2.37. The number of amides is 3. The number of carbonyl (C=O) groups is 3. The quantitative estimate of drug-likeness (QED) is 0.158. The number of carbonyl (C=O) groups excluding carboxylic acids is 3. The third-order valence-electron chi connectivity index (χ3n) is 7.84. The number of nitrogens with one attached hydrogen (secondary N) is 3. The summed E-state index contributed by atoms with van der Waals surface area (Å²) < 4.78 is 81.1. The topological polar surface area (TPSA) is 94.3 Å². The van der Waals surface area contributed by atoms with Crippen LogP contribution in [0.3, 0.4) is 0 Å². The van der Waals surface area contributed by atoms with Crippen LogP contribution in [-0.4, -0.2) is 46.7 Å². The molecular weight excluding hydrogens is 614 g/mol. The summed E-state index contributed by atoms with van der Waals surface area (Å²) in [5.74, 6) is -2.21. The van der Waals surface area contributed by atoms with E-state index in [-0.39, 0.29) is 12.5 Å². The number of rotatable bonds is 7. The third kappa shape index (κ3) is 7.24. The Kier molecular flexibility index (Phi) is 8.95. The summed E-state index contributed by atoms with van der Waals surface area (Å²) in [5, 5.41) is 6.19. The minimum absolute atomic E-state index is 0.0490. The molecule has 240 valence electrons. The largest absolute Gasteiger partial charge is 0.416 e. The zero-order chi connectivity index (χ0) is 33.2. The molecule has 0 radical (unpaired) electrons. The number of benzene rings is 3. The van der Waals surface area contributed by atoms with E-state index < -0.39 is 58.8 Å². The molecule has 5 rings (SSSR count). The Morgan fingerprint density at radius 2 is 1.63 bits per heavy atom. The first-order chi connectivity index (χ1) is 21.7. The number of anilines is 1. The highest BCUT2D eigenvalue weighted by Gasteiger charge is 2.38. The Morgan fingerprint density at radius 1 is 0.978 bits per heavy atom. The Hall–Kier alpha value is -5.07. The monoisotopic (exact) mass is 642 g/mol. The first kappa shape index (κ1) is 32.3. The van der Waals surface area contributed by atoms with E-state index in [0.29, 0.717) is 36.2 Å². The van der Waals surface area contributed by atoms with Gasteiger partial charge >= 0.3 is 12.4 Å². The van der Waals surface area contributed by atoms with Crippen LogP contribution in [0, 0.1) is 0 Å². The summed E-state index contributed by atoms with van der Waals surface area (Å²) in [4.78, 5) is 43.3. The van der Waals surface area contributed by atoms with Crippen molar-refractivity contribution in [2.75, 3.05) is 12.4 Å². The number of aromatic nitrogens is 1. The molecule has 1 aliphatic rings. The maximum Gasteiger partial charge on any atom is 0.416 e. The van der Waals surface area contributed by atoms with Gasteiger partial charge in [-0.05, 0) is 60.7 Å². The summed E-state index contributed by atoms with van der Waals surface area (Å²) in [6.07, 6.45) is -5.29. The Balaban J connectivity index is 1.42. The number of aryl methyl sites for hydroxylation is 1. The predicted molar refractivity (Wildman–Crippen MR) is 159 cm³/mol. The van der Waals surface area contributed by atoms with E-state index >= 15 is 0 Å². The van der Waals surface area contributed by atoms with E-state index in [4.69, 9.17) is 0 Å². The lowest BCUT2D eigenvalue weighted by atomic mass is 10.0. The summed E-state index contributed by atoms with van der Waals surface area (Å²) in [7, 11) is 1.23. The summed E-state index contributed by atoms with van der Waals surface area (Å²) in [6, 6.07) is 13.3. The molecule has 1 aliphatic heterocycles. The number of nitrogens with zero attached hydrogens (tertiary/aromatic N) is 1. The molecule has 0 fully saturated rings. The van der Waals surface area contributed by atoms with Gasteiger partial charge in [0, 0.05) is 41.5 Å². The van der Waals surface area contributed by atoms with Crippen molar-refractivity contribution in [1.82, 2.24) is 15.2 Å². The smallest absolute Gasteiger partial charge is 0.361 e. The molecule has 2 unspecified atom stereocenters. The molecule has 4 aromatic rings. The van der Waals surface area contributed by atoms with E-state index in [9.17, 15) is 40.7 Å². The standard InChI is InChI=1S/C33H28F6N4O3/c1-43(31(46)20-14-22(32(34,35)36)17-23(15-20)33(37,38)39)24(16-21-18-40-27-9-5-3-7-25(21)27)11-13-29(44)41-28-12-10-19-6-2-4-8-26(19)42-30(28)45/h2-9,11,13-15,17-18,24,28,40H,10,12,16H2,1H3,(H,41,44)(H,42,45). The molecule has 3 N–H and O–H groups in total.